The van der Waals surface area contributed by atoms with Gasteiger partial charge in [0.05, 0.1) is 0 Å². The topological polar surface area (TPSA) is 35.5 Å². The Labute approximate surface area is 85.4 Å². The molecule has 0 aromatic rings. The molecule has 0 aliphatic heterocycles. The van der Waals surface area contributed by atoms with Crippen LogP contribution in [-0.2, 0) is 13.6 Å². The summed E-state index contributed by atoms with van der Waals surface area (Å²) in [5.41, 5.74) is 7.39. The first-order valence-corrected chi connectivity index (χ1v) is 5.39. The molecule has 0 unspecified atom stereocenters. The van der Waals surface area contributed by atoms with Crippen molar-refractivity contribution in [2.75, 3.05) is 0 Å². The highest BCUT2D eigenvalue weighted by Crippen LogP contribution is 2.23. The van der Waals surface area contributed by atoms with Crippen LogP contribution in [0.1, 0.15) is 27.7 Å². The third-order valence-electron chi connectivity index (χ3n) is 1.01. The maximum atomic E-state index is 11.0. The second-order valence-electron chi connectivity index (χ2n) is 3.01. The van der Waals surface area contributed by atoms with Crippen molar-refractivity contribution in [1.29, 1.82) is 0 Å². The average molecular weight is 214 g/mol. The van der Waals surface area contributed by atoms with Gasteiger partial charge in [-0.05, 0) is 38.8 Å². The van der Waals surface area contributed by atoms with Gasteiger partial charge in [-0.2, -0.15) is 0 Å². The third kappa shape index (κ3) is 8.96. The Morgan fingerprint density at radius 1 is 1.00 bits per heavy atom. The van der Waals surface area contributed by atoms with Crippen molar-refractivity contribution < 1.29 is 13.6 Å². The first-order valence-electron chi connectivity index (χ1n) is 4.16. The summed E-state index contributed by atoms with van der Waals surface area (Å²) < 4.78 is 20.4. The smallest absolute Gasteiger partial charge is 0.417 e. The highest BCUT2D eigenvalue weighted by molar-refractivity contribution is 7.33. The number of hydrogen-bond donors (Lipinski definition) is 0. The van der Waals surface area contributed by atoms with E-state index in [0.29, 0.717) is 0 Å². The Morgan fingerprint density at radius 2 is 1.36 bits per heavy atom. The van der Waals surface area contributed by atoms with Crippen molar-refractivity contribution in [2.45, 2.75) is 27.7 Å². The number of hydrogen-bond acceptors (Lipinski definition) is 3. The molecule has 0 rings (SSSR count). The molecule has 4 heteroatoms. The summed E-state index contributed by atoms with van der Waals surface area (Å²) in [6, 6.07) is 0. The summed E-state index contributed by atoms with van der Waals surface area (Å²) >= 11 is 0. The van der Waals surface area contributed by atoms with E-state index in [0.717, 1.165) is 11.1 Å². The Bertz CT molecular complexity index is 289. The highest BCUT2D eigenvalue weighted by Gasteiger charge is 1.90. The lowest BCUT2D eigenvalue weighted by Crippen LogP contribution is -1.68. The summed E-state index contributed by atoms with van der Waals surface area (Å²) in [4.78, 5) is 0. The van der Waals surface area contributed by atoms with Crippen molar-refractivity contribution >= 4 is 8.25 Å². The van der Waals surface area contributed by atoms with Crippen LogP contribution in [0.4, 0.5) is 0 Å². The standard InChI is InChI=1S/C10H15O3P/c1-9(2)5-7-12-14(11)13-8-6-10(3)4/h7-8,14H,1-4H3. The molecule has 78 valence electrons. The van der Waals surface area contributed by atoms with Crippen LogP contribution in [0.2, 0.25) is 0 Å². The average Bonchev–Trinajstić information content (AvgIpc) is 2.02. The van der Waals surface area contributed by atoms with Crippen molar-refractivity contribution in [2.24, 2.45) is 0 Å². The van der Waals surface area contributed by atoms with E-state index in [1.807, 2.05) is 27.7 Å². The Kier molecular flexibility index (Phi) is 6.70. The third-order valence-corrected chi connectivity index (χ3v) is 1.63. The van der Waals surface area contributed by atoms with Crippen LogP contribution in [0.25, 0.3) is 0 Å². The summed E-state index contributed by atoms with van der Waals surface area (Å²) in [6.45, 7) is 7.45. The molecule has 0 bridgehead atoms. The van der Waals surface area contributed by atoms with Crippen LogP contribution in [-0.4, -0.2) is 0 Å². The maximum Gasteiger partial charge on any atom is 0.419 e. The van der Waals surface area contributed by atoms with Gasteiger partial charge in [0.15, 0.2) is 0 Å². The molecule has 0 aliphatic carbocycles. The van der Waals surface area contributed by atoms with Gasteiger partial charge in [-0.1, -0.05) is 11.5 Å². The van der Waals surface area contributed by atoms with Gasteiger partial charge in [0.2, 0.25) is 0 Å². The predicted molar refractivity (Wildman–Crippen MR) is 57.1 cm³/mol. The largest absolute Gasteiger partial charge is 0.419 e. The van der Waals surface area contributed by atoms with E-state index in [1.165, 1.54) is 12.5 Å². The quantitative estimate of drug-likeness (QED) is 0.407. The van der Waals surface area contributed by atoms with Crippen LogP contribution < -0.4 is 0 Å². The van der Waals surface area contributed by atoms with E-state index in [9.17, 15) is 4.57 Å². The Morgan fingerprint density at radius 3 is 1.64 bits per heavy atom. The van der Waals surface area contributed by atoms with Gasteiger partial charge in [-0.25, -0.2) is 4.57 Å². The second kappa shape index (κ2) is 7.29. The molecule has 0 N–H and O–H groups in total. The van der Waals surface area contributed by atoms with E-state index in [4.69, 9.17) is 9.05 Å². The normalized spacial score (nSPS) is 10.3. The van der Waals surface area contributed by atoms with Gasteiger partial charge < -0.3 is 9.05 Å². The van der Waals surface area contributed by atoms with Crippen molar-refractivity contribution in [3.8, 4) is 0 Å². The van der Waals surface area contributed by atoms with Gasteiger partial charge in [-0.3, -0.25) is 0 Å². The molecule has 0 aromatic heterocycles. The molecule has 0 atom stereocenters. The molecule has 14 heavy (non-hydrogen) atoms. The lowest BCUT2D eigenvalue weighted by Gasteiger charge is -1.96. The monoisotopic (exact) mass is 214 g/mol. The summed E-state index contributed by atoms with van der Waals surface area (Å²) in [7, 11) is -2.49. The van der Waals surface area contributed by atoms with E-state index >= 15 is 0 Å². The van der Waals surface area contributed by atoms with E-state index in [1.54, 1.807) is 0 Å². The van der Waals surface area contributed by atoms with Crippen LogP contribution in [0.5, 0.6) is 0 Å². The summed E-state index contributed by atoms with van der Waals surface area (Å²) in [5.74, 6) is 0. The minimum absolute atomic E-state index is 0.944. The van der Waals surface area contributed by atoms with E-state index < -0.39 is 8.25 Å². The van der Waals surface area contributed by atoms with Gasteiger partial charge in [0, 0.05) is 0 Å². The van der Waals surface area contributed by atoms with Crippen LogP contribution >= 0.6 is 8.25 Å². The zero-order valence-electron chi connectivity index (χ0n) is 8.88. The molecule has 0 radical (unpaired) electrons. The highest BCUT2D eigenvalue weighted by atomic mass is 31.1. The van der Waals surface area contributed by atoms with Crippen molar-refractivity contribution in [3.05, 3.63) is 35.1 Å². The molecular formula is C10H15O3P. The van der Waals surface area contributed by atoms with Crippen molar-refractivity contribution in [3.63, 3.8) is 0 Å². The first-order chi connectivity index (χ1) is 6.52. The Hall–Kier alpha value is -1.13. The molecule has 0 aromatic carbocycles. The fourth-order valence-corrected chi connectivity index (χ4v) is 0.784. The molecule has 0 amide bonds. The first kappa shape index (κ1) is 12.9. The molecular weight excluding hydrogens is 199 g/mol. The zero-order valence-corrected chi connectivity index (χ0v) is 9.88. The zero-order chi connectivity index (χ0) is 11.0. The van der Waals surface area contributed by atoms with Gasteiger partial charge in [-0.15, -0.1) is 0 Å². The second-order valence-corrected chi connectivity index (χ2v) is 3.98. The number of rotatable bonds is 4. The SMILES string of the molecule is CC(C)=C=CO[PH](=O)OC=C=C(C)C. The lowest BCUT2D eigenvalue weighted by atomic mass is 10.4. The predicted octanol–water partition coefficient (Wildman–Crippen LogP) is 3.57. The Balaban J connectivity index is 4.02. The summed E-state index contributed by atoms with van der Waals surface area (Å²) in [6.07, 6.45) is 2.49. The van der Waals surface area contributed by atoms with Gasteiger partial charge in [0.1, 0.15) is 12.5 Å². The molecule has 0 saturated heterocycles. The molecule has 0 spiro atoms. The van der Waals surface area contributed by atoms with Gasteiger partial charge >= 0.3 is 8.25 Å². The molecule has 0 aliphatic rings. The molecule has 0 heterocycles. The fraction of sp³-hybridized carbons (Fsp3) is 0.400. The van der Waals surface area contributed by atoms with Crippen LogP contribution in [0, 0.1) is 0 Å². The minimum Gasteiger partial charge on any atom is -0.417 e. The molecule has 3 nitrogen and oxygen atoms in total. The van der Waals surface area contributed by atoms with E-state index in [-0.39, 0.29) is 0 Å². The van der Waals surface area contributed by atoms with E-state index in [2.05, 4.69) is 11.5 Å². The van der Waals surface area contributed by atoms with Crippen molar-refractivity contribution in [1.82, 2.24) is 0 Å². The number of allylic oxidation sites excluding steroid dienone is 2. The van der Waals surface area contributed by atoms with Gasteiger partial charge in [0.25, 0.3) is 0 Å². The van der Waals surface area contributed by atoms with Crippen LogP contribution in [0.15, 0.2) is 35.1 Å². The lowest BCUT2D eigenvalue weighted by molar-refractivity contribution is 0.356. The fourth-order valence-electron chi connectivity index (χ4n) is 0.419. The molecule has 0 fully saturated rings. The molecule has 0 saturated carbocycles. The summed E-state index contributed by atoms with van der Waals surface area (Å²) in [5, 5.41) is 0. The minimum atomic E-state index is -2.49. The van der Waals surface area contributed by atoms with Crippen LogP contribution in [0.3, 0.4) is 0 Å². The maximum absolute atomic E-state index is 11.0.